The Labute approximate surface area is 161 Å². The lowest BCUT2D eigenvalue weighted by Gasteiger charge is -2.28. The number of nitrogens with one attached hydrogen (secondary N) is 1. The van der Waals surface area contributed by atoms with Crippen LogP contribution in [0.2, 0.25) is 0 Å². The molecule has 7 nitrogen and oxygen atoms in total. The van der Waals surface area contributed by atoms with Crippen molar-refractivity contribution >= 4 is 23.5 Å². The van der Waals surface area contributed by atoms with Crippen molar-refractivity contribution in [1.82, 2.24) is 5.32 Å². The van der Waals surface area contributed by atoms with Crippen molar-refractivity contribution < 1.29 is 24.2 Å². The van der Waals surface area contributed by atoms with Crippen LogP contribution in [-0.4, -0.2) is 35.5 Å². The molecule has 0 radical (unpaired) electrons. The molecular formula is C21H20N2O5. The van der Waals surface area contributed by atoms with Crippen molar-refractivity contribution in [2.75, 3.05) is 12.0 Å². The highest BCUT2D eigenvalue weighted by atomic mass is 16.5. The number of hydrogen-bond acceptors (Lipinski definition) is 6. The third kappa shape index (κ3) is 2.51. The minimum atomic E-state index is -1.35. The Morgan fingerprint density at radius 1 is 1.07 bits per heavy atom. The van der Waals surface area contributed by atoms with Gasteiger partial charge in [0.15, 0.2) is 0 Å². The third-order valence-corrected chi connectivity index (χ3v) is 5.66. The first-order valence-corrected chi connectivity index (χ1v) is 8.96. The molecule has 0 bridgehead atoms. The highest BCUT2D eigenvalue weighted by Crippen LogP contribution is 2.50. The molecule has 2 fully saturated rings. The first-order chi connectivity index (χ1) is 13.4. The second-order valence-corrected chi connectivity index (χ2v) is 7.26. The summed E-state index contributed by atoms with van der Waals surface area (Å²) in [5, 5.41) is 12.7. The van der Waals surface area contributed by atoms with E-state index in [0.29, 0.717) is 11.3 Å². The van der Waals surface area contributed by atoms with E-state index >= 15 is 0 Å². The number of benzene rings is 2. The SMILES string of the molecule is COC(=O)[C@]1(C)N[C@H](c2ccc(O)cc2)[C@H]2C(=O)N(c3ccccc3)C(=O)[C@@H]21. The van der Waals surface area contributed by atoms with Gasteiger partial charge < -0.3 is 9.84 Å². The first-order valence-electron chi connectivity index (χ1n) is 8.96. The van der Waals surface area contributed by atoms with Crippen molar-refractivity contribution in [2.45, 2.75) is 18.5 Å². The predicted octanol–water partition coefficient (Wildman–Crippen LogP) is 1.77. The van der Waals surface area contributed by atoms with Gasteiger partial charge in [-0.1, -0.05) is 30.3 Å². The van der Waals surface area contributed by atoms with Gasteiger partial charge in [-0.05, 0) is 36.8 Å². The van der Waals surface area contributed by atoms with E-state index in [9.17, 15) is 19.5 Å². The summed E-state index contributed by atoms with van der Waals surface area (Å²) in [5.41, 5.74) is -0.168. The van der Waals surface area contributed by atoms with Crippen molar-refractivity contribution in [3.8, 4) is 5.75 Å². The van der Waals surface area contributed by atoms with E-state index < -0.39 is 35.3 Å². The Morgan fingerprint density at radius 2 is 1.71 bits per heavy atom. The summed E-state index contributed by atoms with van der Waals surface area (Å²) in [4.78, 5) is 40.3. The summed E-state index contributed by atoms with van der Waals surface area (Å²) in [6.07, 6.45) is 0. The molecule has 2 amide bonds. The van der Waals surface area contributed by atoms with E-state index in [1.165, 1.54) is 19.2 Å². The molecule has 28 heavy (non-hydrogen) atoms. The van der Waals surface area contributed by atoms with Crippen LogP contribution in [-0.2, 0) is 19.1 Å². The summed E-state index contributed by atoms with van der Waals surface area (Å²) < 4.78 is 4.95. The number of fused-ring (bicyclic) bond motifs is 1. The number of anilines is 1. The molecule has 0 saturated carbocycles. The molecule has 2 aliphatic rings. The zero-order valence-electron chi connectivity index (χ0n) is 15.5. The van der Waals surface area contributed by atoms with E-state index in [2.05, 4.69) is 5.32 Å². The van der Waals surface area contributed by atoms with Crippen molar-refractivity contribution in [1.29, 1.82) is 0 Å². The summed E-state index contributed by atoms with van der Waals surface area (Å²) in [5.74, 6) is -2.95. The highest BCUT2D eigenvalue weighted by molar-refractivity contribution is 6.24. The van der Waals surface area contributed by atoms with Gasteiger partial charge in [0, 0.05) is 6.04 Å². The smallest absolute Gasteiger partial charge is 0.326 e. The number of phenolic OH excluding ortho intramolecular Hbond substituents is 1. The number of hydrogen-bond donors (Lipinski definition) is 2. The molecular weight excluding hydrogens is 360 g/mol. The van der Waals surface area contributed by atoms with E-state index in [0.717, 1.165) is 4.90 Å². The lowest BCUT2D eigenvalue weighted by molar-refractivity contribution is -0.151. The fourth-order valence-electron chi connectivity index (χ4n) is 4.34. The molecule has 2 heterocycles. The highest BCUT2D eigenvalue weighted by Gasteiger charge is 2.67. The van der Waals surface area contributed by atoms with Gasteiger partial charge >= 0.3 is 5.97 Å². The number of methoxy groups -OCH3 is 1. The van der Waals surface area contributed by atoms with Crippen molar-refractivity contribution in [3.63, 3.8) is 0 Å². The fraction of sp³-hybridized carbons (Fsp3) is 0.286. The maximum Gasteiger partial charge on any atom is 0.326 e. The number of esters is 1. The maximum atomic E-state index is 13.3. The van der Waals surface area contributed by atoms with Gasteiger partial charge in [0.2, 0.25) is 11.8 Å². The molecule has 7 heteroatoms. The summed E-state index contributed by atoms with van der Waals surface area (Å²) in [6.45, 7) is 1.59. The number of amides is 2. The van der Waals surface area contributed by atoms with E-state index in [1.807, 2.05) is 0 Å². The number of ether oxygens (including phenoxy) is 1. The summed E-state index contributed by atoms with van der Waals surface area (Å²) in [7, 11) is 1.26. The largest absolute Gasteiger partial charge is 0.508 e. The van der Waals surface area contributed by atoms with Crippen LogP contribution < -0.4 is 10.2 Å². The van der Waals surface area contributed by atoms with Gasteiger partial charge in [0.1, 0.15) is 11.3 Å². The Kier molecular flexibility index (Phi) is 4.19. The van der Waals surface area contributed by atoms with E-state index in [4.69, 9.17) is 4.74 Å². The minimum Gasteiger partial charge on any atom is -0.508 e. The minimum absolute atomic E-state index is 0.0914. The van der Waals surface area contributed by atoms with Crippen LogP contribution in [0.4, 0.5) is 5.69 Å². The number of aromatic hydroxyl groups is 1. The molecule has 2 N–H and O–H groups in total. The number of carbonyl (C=O) groups is 3. The number of rotatable bonds is 3. The molecule has 2 aromatic carbocycles. The Balaban J connectivity index is 1.82. The van der Waals surface area contributed by atoms with Crippen molar-refractivity contribution in [3.05, 3.63) is 60.2 Å². The molecule has 0 unspecified atom stereocenters. The third-order valence-electron chi connectivity index (χ3n) is 5.66. The number of carbonyl (C=O) groups excluding carboxylic acids is 3. The van der Waals surface area contributed by atoms with Gasteiger partial charge in [-0.15, -0.1) is 0 Å². The summed E-state index contributed by atoms with van der Waals surface area (Å²) in [6, 6.07) is 14.5. The van der Waals surface area contributed by atoms with Crippen LogP contribution >= 0.6 is 0 Å². The molecule has 4 rings (SSSR count). The molecule has 0 spiro atoms. The number of nitrogens with zero attached hydrogens (tertiary/aromatic N) is 1. The zero-order valence-corrected chi connectivity index (χ0v) is 15.5. The van der Waals surface area contributed by atoms with E-state index in [-0.39, 0.29) is 11.7 Å². The Bertz CT molecular complexity index is 943. The molecule has 144 valence electrons. The number of para-hydroxylation sites is 1. The topological polar surface area (TPSA) is 95.9 Å². The normalized spacial score (nSPS) is 29.1. The average molecular weight is 380 g/mol. The zero-order chi connectivity index (χ0) is 20.1. The van der Waals surface area contributed by atoms with Gasteiger partial charge in [-0.2, -0.15) is 0 Å². The van der Waals surface area contributed by atoms with Gasteiger partial charge in [0.25, 0.3) is 0 Å². The first kappa shape index (κ1) is 18.2. The monoisotopic (exact) mass is 380 g/mol. The van der Waals surface area contributed by atoms with Crippen LogP contribution in [0.15, 0.2) is 54.6 Å². The molecule has 2 saturated heterocycles. The van der Waals surface area contributed by atoms with Crippen LogP contribution in [0.5, 0.6) is 5.75 Å². The molecule has 0 aliphatic carbocycles. The quantitative estimate of drug-likeness (QED) is 0.622. The number of imide groups is 1. The van der Waals surface area contributed by atoms with Gasteiger partial charge in [0.05, 0.1) is 24.6 Å². The molecule has 2 aromatic rings. The maximum absolute atomic E-state index is 13.3. The molecule has 2 aliphatic heterocycles. The summed E-state index contributed by atoms with van der Waals surface area (Å²) >= 11 is 0. The van der Waals surface area contributed by atoms with Gasteiger partial charge in [-0.3, -0.25) is 19.7 Å². The lowest BCUT2D eigenvalue weighted by Crippen LogP contribution is -2.54. The Morgan fingerprint density at radius 3 is 2.32 bits per heavy atom. The lowest BCUT2D eigenvalue weighted by atomic mass is 9.80. The van der Waals surface area contributed by atoms with Crippen LogP contribution in [0.25, 0.3) is 0 Å². The second-order valence-electron chi connectivity index (χ2n) is 7.26. The second kappa shape index (κ2) is 6.45. The molecule has 0 aromatic heterocycles. The standard InChI is InChI=1S/C21H20N2O5/c1-21(20(27)28-2)16-15(17(22-21)12-8-10-14(24)11-9-12)18(25)23(19(16)26)13-6-4-3-5-7-13/h3-11,15-17,22,24H,1-2H3/t15-,16+,17+,21+/m0/s1. The van der Waals surface area contributed by atoms with Crippen LogP contribution in [0.1, 0.15) is 18.5 Å². The van der Waals surface area contributed by atoms with Crippen molar-refractivity contribution in [2.24, 2.45) is 11.8 Å². The number of phenols is 1. The average Bonchev–Trinajstić information content (AvgIpc) is 3.16. The van der Waals surface area contributed by atoms with Crippen LogP contribution in [0.3, 0.4) is 0 Å². The van der Waals surface area contributed by atoms with Gasteiger partial charge in [-0.25, -0.2) is 4.90 Å². The van der Waals surface area contributed by atoms with Crippen LogP contribution in [0, 0.1) is 11.8 Å². The Hall–Kier alpha value is -3.19. The predicted molar refractivity (Wildman–Crippen MR) is 100 cm³/mol. The molecule has 4 atom stereocenters. The van der Waals surface area contributed by atoms with E-state index in [1.54, 1.807) is 49.4 Å². The fourth-order valence-corrected chi connectivity index (χ4v) is 4.34.